The van der Waals surface area contributed by atoms with Gasteiger partial charge >= 0.3 is 0 Å². The average molecular weight is 256 g/mol. The third kappa shape index (κ3) is 3.55. The van der Waals surface area contributed by atoms with Crippen LogP contribution in [0.15, 0.2) is 36.5 Å². The van der Waals surface area contributed by atoms with Crippen LogP contribution in [0.3, 0.4) is 0 Å². The predicted octanol–water partition coefficient (Wildman–Crippen LogP) is 3.46. The Balaban J connectivity index is 2.18. The maximum atomic E-state index is 5.85. The number of nitrogens with one attached hydrogen (secondary N) is 1. The van der Waals surface area contributed by atoms with E-state index in [1.165, 1.54) is 5.56 Å². The number of ether oxygens (including phenoxy) is 1. The standard InChI is InChI=1S/C16H20N2O/c1-4-13-6-5-7-15(9-13)19-16-12(2)8-14(10-17-3)11-18-16/h5-9,11,17H,4,10H2,1-3H3. The molecule has 0 saturated heterocycles. The van der Waals surface area contributed by atoms with Gasteiger partial charge in [0.15, 0.2) is 0 Å². The molecule has 3 heteroatoms. The molecule has 1 aromatic heterocycles. The second kappa shape index (κ2) is 6.34. The van der Waals surface area contributed by atoms with Crippen LogP contribution >= 0.6 is 0 Å². The second-order valence-electron chi connectivity index (χ2n) is 4.60. The molecule has 0 aliphatic heterocycles. The van der Waals surface area contributed by atoms with E-state index in [4.69, 9.17) is 4.74 Å². The van der Waals surface area contributed by atoms with Gasteiger partial charge in [-0.3, -0.25) is 0 Å². The highest BCUT2D eigenvalue weighted by atomic mass is 16.5. The Morgan fingerprint density at radius 3 is 2.74 bits per heavy atom. The zero-order chi connectivity index (χ0) is 13.7. The molecule has 0 radical (unpaired) electrons. The Morgan fingerprint density at radius 2 is 2.05 bits per heavy atom. The van der Waals surface area contributed by atoms with Gasteiger partial charge in [-0.1, -0.05) is 19.1 Å². The number of hydrogen-bond acceptors (Lipinski definition) is 3. The van der Waals surface area contributed by atoms with Crippen molar-refractivity contribution >= 4 is 0 Å². The summed E-state index contributed by atoms with van der Waals surface area (Å²) in [6, 6.07) is 10.2. The molecule has 0 aliphatic rings. The van der Waals surface area contributed by atoms with Crippen LogP contribution in [0.25, 0.3) is 0 Å². The van der Waals surface area contributed by atoms with Crippen LogP contribution in [0.4, 0.5) is 0 Å². The molecule has 1 heterocycles. The monoisotopic (exact) mass is 256 g/mol. The first-order valence-corrected chi connectivity index (χ1v) is 6.60. The third-order valence-electron chi connectivity index (χ3n) is 2.99. The Hall–Kier alpha value is -1.87. The number of rotatable bonds is 5. The lowest BCUT2D eigenvalue weighted by Crippen LogP contribution is -2.06. The Labute approximate surface area is 114 Å². The van der Waals surface area contributed by atoms with Gasteiger partial charge in [0.25, 0.3) is 0 Å². The number of hydrogen-bond donors (Lipinski definition) is 1. The molecular formula is C16H20N2O. The summed E-state index contributed by atoms with van der Waals surface area (Å²) < 4.78 is 5.85. The molecule has 0 bridgehead atoms. The van der Waals surface area contributed by atoms with Crippen LogP contribution < -0.4 is 10.1 Å². The molecule has 0 fully saturated rings. The van der Waals surface area contributed by atoms with Crippen molar-refractivity contribution in [3.63, 3.8) is 0 Å². The lowest BCUT2D eigenvalue weighted by Gasteiger charge is -2.10. The normalized spacial score (nSPS) is 10.5. The van der Waals surface area contributed by atoms with Crippen molar-refractivity contribution in [3.8, 4) is 11.6 Å². The molecule has 0 spiro atoms. The first kappa shape index (κ1) is 13.6. The molecule has 0 aliphatic carbocycles. The van der Waals surface area contributed by atoms with Gasteiger partial charge in [-0.15, -0.1) is 0 Å². The van der Waals surface area contributed by atoms with E-state index in [0.29, 0.717) is 5.88 Å². The van der Waals surface area contributed by atoms with Crippen molar-refractivity contribution in [2.75, 3.05) is 7.05 Å². The third-order valence-corrected chi connectivity index (χ3v) is 2.99. The lowest BCUT2D eigenvalue weighted by molar-refractivity contribution is 0.457. The predicted molar refractivity (Wildman–Crippen MR) is 77.6 cm³/mol. The molecule has 19 heavy (non-hydrogen) atoms. The van der Waals surface area contributed by atoms with Crippen molar-refractivity contribution in [2.45, 2.75) is 26.8 Å². The Bertz CT molecular complexity index is 552. The quantitative estimate of drug-likeness (QED) is 0.889. The topological polar surface area (TPSA) is 34.1 Å². The molecule has 3 nitrogen and oxygen atoms in total. The molecule has 0 saturated carbocycles. The van der Waals surface area contributed by atoms with E-state index in [9.17, 15) is 0 Å². The summed E-state index contributed by atoms with van der Waals surface area (Å²) in [5, 5.41) is 3.11. The summed E-state index contributed by atoms with van der Waals surface area (Å²) >= 11 is 0. The summed E-state index contributed by atoms with van der Waals surface area (Å²) in [4.78, 5) is 4.39. The van der Waals surface area contributed by atoms with Crippen LogP contribution in [-0.2, 0) is 13.0 Å². The molecule has 2 rings (SSSR count). The van der Waals surface area contributed by atoms with Gasteiger partial charge in [-0.25, -0.2) is 4.98 Å². The van der Waals surface area contributed by atoms with E-state index in [1.807, 2.05) is 32.3 Å². The zero-order valence-corrected chi connectivity index (χ0v) is 11.7. The highest BCUT2D eigenvalue weighted by Crippen LogP contribution is 2.24. The van der Waals surface area contributed by atoms with Gasteiger partial charge in [-0.05, 0) is 49.7 Å². The number of aryl methyl sites for hydroxylation is 2. The van der Waals surface area contributed by atoms with Crippen molar-refractivity contribution in [2.24, 2.45) is 0 Å². The molecule has 0 atom stereocenters. The molecule has 100 valence electrons. The van der Waals surface area contributed by atoms with Crippen LogP contribution in [0.1, 0.15) is 23.6 Å². The minimum atomic E-state index is 0.674. The van der Waals surface area contributed by atoms with Gasteiger partial charge < -0.3 is 10.1 Å². The minimum Gasteiger partial charge on any atom is -0.439 e. The van der Waals surface area contributed by atoms with Crippen molar-refractivity contribution < 1.29 is 4.74 Å². The van der Waals surface area contributed by atoms with Gasteiger partial charge in [0.05, 0.1) is 0 Å². The summed E-state index contributed by atoms with van der Waals surface area (Å²) in [6.07, 6.45) is 2.85. The van der Waals surface area contributed by atoms with E-state index in [0.717, 1.165) is 29.8 Å². The molecule has 0 amide bonds. The first-order chi connectivity index (χ1) is 9.22. The van der Waals surface area contributed by atoms with Gasteiger partial charge in [0.2, 0.25) is 5.88 Å². The van der Waals surface area contributed by atoms with Crippen LogP contribution in [0.5, 0.6) is 11.6 Å². The maximum Gasteiger partial charge on any atom is 0.222 e. The SMILES string of the molecule is CCc1cccc(Oc2ncc(CNC)cc2C)c1. The molecule has 0 unspecified atom stereocenters. The number of pyridine rings is 1. The Morgan fingerprint density at radius 1 is 1.21 bits per heavy atom. The van der Waals surface area contributed by atoms with E-state index in [-0.39, 0.29) is 0 Å². The average Bonchev–Trinajstić information content (AvgIpc) is 2.42. The summed E-state index contributed by atoms with van der Waals surface area (Å²) in [5.74, 6) is 1.52. The van der Waals surface area contributed by atoms with E-state index in [2.05, 4.69) is 35.4 Å². The van der Waals surface area contributed by atoms with Crippen molar-refractivity contribution in [1.82, 2.24) is 10.3 Å². The van der Waals surface area contributed by atoms with E-state index < -0.39 is 0 Å². The Kier molecular flexibility index (Phi) is 4.53. The summed E-state index contributed by atoms with van der Waals surface area (Å²) in [7, 11) is 1.93. The smallest absolute Gasteiger partial charge is 0.222 e. The van der Waals surface area contributed by atoms with Gasteiger partial charge in [0, 0.05) is 18.3 Å². The number of nitrogens with zero attached hydrogens (tertiary/aromatic N) is 1. The summed E-state index contributed by atoms with van der Waals surface area (Å²) in [6.45, 7) is 4.97. The second-order valence-corrected chi connectivity index (χ2v) is 4.60. The number of benzene rings is 1. The van der Waals surface area contributed by atoms with Gasteiger partial charge in [0.1, 0.15) is 5.75 Å². The fourth-order valence-corrected chi connectivity index (χ4v) is 1.97. The molecule has 1 N–H and O–H groups in total. The van der Waals surface area contributed by atoms with Crippen LogP contribution in [0.2, 0.25) is 0 Å². The highest BCUT2D eigenvalue weighted by Gasteiger charge is 2.05. The van der Waals surface area contributed by atoms with Crippen molar-refractivity contribution in [1.29, 1.82) is 0 Å². The maximum absolute atomic E-state index is 5.85. The fraction of sp³-hybridized carbons (Fsp3) is 0.312. The minimum absolute atomic E-state index is 0.674. The highest BCUT2D eigenvalue weighted by molar-refractivity contribution is 5.35. The molecular weight excluding hydrogens is 236 g/mol. The zero-order valence-electron chi connectivity index (χ0n) is 11.7. The lowest BCUT2D eigenvalue weighted by atomic mass is 10.1. The fourth-order valence-electron chi connectivity index (χ4n) is 1.97. The number of aromatic nitrogens is 1. The largest absolute Gasteiger partial charge is 0.439 e. The van der Waals surface area contributed by atoms with Crippen LogP contribution in [0, 0.1) is 6.92 Å². The summed E-state index contributed by atoms with van der Waals surface area (Å²) in [5.41, 5.74) is 3.48. The van der Waals surface area contributed by atoms with Gasteiger partial charge in [-0.2, -0.15) is 0 Å². The van der Waals surface area contributed by atoms with E-state index in [1.54, 1.807) is 0 Å². The van der Waals surface area contributed by atoms with Crippen molar-refractivity contribution in [3.05, 3.63) is 53.2 Å². The molecule has 2 aromatic rings. The van der Waals surface area contributed by atoms with E-state index >= 15 is 0 Å². The van der Waals surface area contributed by atoms with Crippen LogP contribution in [-0.4, -0.2) is 12.0 Å². The molecule has 1 aromatic carbocycles. The first-order valence-electron chi connectivity index (χ1n) is 6.60.